The van der Waals surface area contributed by atoms with Crippen molar-refractivity contribution in [3.05, 3.63) is 29.6 Å². The SMILES string of the molecule is CC(C)N(C)C(=O)COC(=O)c1cc(N)cc(F)c1. The molecule has 104 valence electrons. The number of anilines is 1. The van der Waals surface area contributed by atoms with Gasteiger partial charge in [0.15, 0.2) is 6.61 Å². The van der Waals surface area contributed by atoms with Crippen LogP contribution >= 0.6 is 0 Å². The zero-order chi connectivity index (χ0) is 14.6. The predicted octanol–water partition coefficient (Wildman–Crippen LogP) is 1.43. The van der Waals surface area contributed by atoms with Crippen LogP contribution in [-0.4, -0.2) is 36.5 Å². The minimum atomic E-state index is -0.781. The van der Waals surface area contributed by atoms with E-state index in [1.165, 1.54) is 11.0 Å². The van der Waals surface area contributed by atoms with Gasteiger partial charge in [0.2, 0.25) is 0 Å². The van der Waals surface area contributed by atoms with E-state index < -0.39 is 11.8 Å². The van der Waals surface area contributed by atoms with Crippen LogP contribution in [0.15, 0.2) is 18.2 Å². The Morgan fingerprint density at radius 1 is 1.37 bits per heavy atom. The first-order valence-electron chi connectivity index (χ1n) is 5.80. The van der Waals surface area contributed by atoms with Crippen molar-refractivity contribution in [2.24, 2.45) is 0 Å². The Morgan fingerprint density at radius 3 is 2.53 bits per heavy atom. The van der Waals surface area contributed by atoms with Gasteiger partial charge in [-0.05, 0) is 32.0 Å². The maximum atomic E-state index is 13.1. The third-order valence-electron chi connectivity index (χ3n) is 2.65. The maximum Gasteiger partial charge on any atom is 0.338 e. The summed E-state index contributed by atoms with van der Waals surface area (Å²) in [7, 11) is 1.61. The molecule has 6 heteroatoms. The van der Waals surface area contributed by atoms with Crippen LogP contribution in [0, 0.1) is 5.82 Å². The molecule has 1 aromatic carbocycles. The van der Waals surface area contributed by atoms with E-state index in [0.29, 0.717) is 0 Å². The van der Waals surface area contributed by atoms with Gasteiger partial charge in [-0.15, -0.1) is 0 Å². The molecule has 0 radical (unpaired) electrons. The second-order valence-corrected chi connectivity index (χ2v) is 4.45. The third kappa shape index (κ3) is 4.24. The Labute approximate surface area is 111 Å². The first-order chi connectivity index (χ1) is 8.81. The van der Waals surface area contributed by atoms with Crippen LogP contribution in [-0.2, 0) is 9.53 Å². The minimum Gasteiger partial charge on any atom is -0.452 e. The molecule has 0 spiro atoms. The van der Waals surface area contributed by atoms with Gasteiger partial charge in [0, 0.05) is 18.8 Å². The van der Waals surface area contributed by atoms with Crippen molar-refractivity contribution in [1.29, 1.82) is 0 Å². The van der Waals surface area contributed by atoms with Gasteiger partial charge in [-0.1, -0.05) is 0 Å². The van der Waals surface area contributed by atoms with E-state index in [9.17, 15) is 14.0 Å². The van der Waals surface area contributed by atoms with Crippen molar-refractivity contribution in [2.75, 3.05) is 19.4 Å². The largest absolute Gasteiger partial charge is 0.452 e. The van der Waals surface area contributed by atoms with Gasteiger partial charge in [-0.2, -0.15) is 0 Å². The number of likely N-dealkylation sites (N-methyl/N-ethyl adjacent to an activating group) is 1. The highest BCUT2D eigenvalue weighted by Crippen LogP contribution is 2.12. The zero-order valence-electron chi connectivity index (χ0n) is 11.1. The molecule has 5 nitrogen and oxygen atoms in total. The number of nitrogens with two attached hydrogens (primary N) is 1. The van der Waals surface area contributed by atoms with Gasteiger partial charge in [0.25, 0.3) is 5.91 Å². The van der Waals surface area contributed by atoms with E-state index in [4.69, 9.17) is 10.5 Å². The highest BCUT2D eigenvalue weighted by Gasteiger charge is 2.16. The molecule has 0 heterocycles. The number of hydrogen-bond donors (Lipinski definition) is 1. The Hall–Kier alpha value is -2.11. The average molecular weight is 268 g/mol. The summed E-state index contributed by atoms with van der Waals surface area (Å²) in [6, 6.07) is 3.40. The molecule has 2 N–H and O–H groups in total. The maximum absolute atomic E-state index is 13.1. The zero-order valence-corrected chi connectivity index (χ0v) is 11.1. The van der Waals surface area contributed by atoms with E-state index in [-0.39, 0.29) is 29.8 Å². The van der Waals surface area contributed by atoms with Gasteiger partial charge in [-0.25, -0.2) is 9.18 Å². The normalized spacial score (nSPS) is 10.4. The van der Waals surface area contributed by atoms with Crippen molar-refractivity contribution in [1.82, 2.24) is 4.90 Å². The van der Waals surface area contributed by atoms with Crippen LogP contribution in [0.2, 0.25) is 0 Å². The van der Waals surface area contributed by atoms with Gasteiger partial charge in [0.05, 0.1) is 5.56 Å². The quantitative estimate of drug-likeness (QED) is 0.662. The number of hydrogen-bond acceptors (Lipinski definition) is 4. The predicted molar refractivity (Wildman–Crippen MR) is 69.0 cm³/mol. The van der Waals surface area contributed by atoms with Crippen LogP contribution in [0.1, 0.15) is 24.2 Å². The highest BCUT2D eigenvalue weighted by molar-refractivity contribution is 5.92. The van der Waals surface area contributed by atoms with Crippen molar-refractivity contribution in [3.8, 4) is 0 Å². The van der Waals surface area contributed by atoms with Gasteiger partial charge < -0.3 is 15.4 Å². The number of carbonyl (C=O) groups is 2. The van der Waals surface area contributed by atoms with Gasteiger partial charge in [-0.3, -0.25) is 4.79 Å². The molecular formula is C13H17FN2O3. The van der Waals surface area contributed by atoms with Crippen LogP contribution < -0.4 is 5.73 Å². The molecule has 0 atom stereocenters. The van der Waals surface area contributed by atoms with E-state index in [1.54, 1.807) is 7.05 Å². The van der Waals surface area contributed by atoms with Crippen molar-refractivity contribution < 1.29 is 18.7 Å². The summed E-state index contributed by atoms with van der Waals surface area (Å²) >= 11 is 0. The summed E-state index contributed by atoms with van der Waals surface area (Å²) in [6.45, 7) is 3.30. The van der Waals surface area contributed by atoms with Crippen LogP contribution in [0.25, 0.3) is 0 Å². The number of amides is 1. The summed E-state index contributed by atoms with van der Waals surface area (Å²) in [5, 5.41) is 0. The number of nitrogens with zero attached hydrogens (tertiary/aromatic N) is 1. The number of nitrogen functional groups attached to an aromatic ring is 1. The molecule has 0 saturated heterocycles. The fraction of sp³-hybridized carbons (Fsp3) is 0.385. The van der Waals surface area contributed by atoms with Gasteiger partial charge in [0.1, 0.15) is 5.82 Å². The standard InChI is InChI=1S/C13H17FN2O3/c1-8(2)16(3)12(17)7-19-13(18)9-4-10(14)6-11(15)5-9/h4-6,8H,7,15H2,1-3H3. The van der Waals surface area contributed by atoms with Crippen molar-refractivity contribution in [2.45, 2.75) is 19.9 Å². The minimum absolute atomic E-state index is 0.0102. The molecule has 0 aliphatic carbocycles. The summed E-state index contributed by atoms with van der Waals surface area (Å²) < 4.78 is 17.9. The topological polar surface area (TPSA) is 72.6 Å². The first-order valence-corrected chi connectivity index (χ1v) is 5.80. The molecule has 0 aliphatic rings. The molecule has 0 unspecified atom stereocenters. The molecule has 0 saturated carbocycles. The number of esters is 1. The Bertz CT molecular complexity index is 469. The molecule has 19 heavy (non-hydrogen) atoms. The Morgan fingerprint density at radius 2 is 2.00 bits per heavy atom. The molecule has 1 amide bonds. The van der Waals surface area contributed by atoms with Crippen molar-refractivity contribution in [3.63, 3.8) is 0 Å². The fourth-order valence-corrected chi connectivity index (χ4v) is 1.33. The molecule has 0 bridgehead atoms. The third-order valence-corrected chi connectivity index (χ3v) is 2.65. The summed E-state index contributed by atoms with van der Waals surface area (Å²) in [4.78, 5) is 24.7. The summed E-state index contributed by atoms with van der Waals surface area (Å²) in [6.07, 6.45) is 0. The average Bonchev–Trinajstić information content (AvgIpc) is 2.33. The molecule has 0 fully saturated rings. The highest BCUT2D eigenvalue weighted by atomic mass is 19.1. The lowest BCUT2D eigenvalue weighted by molar-refractivity contribution is -0.134. The Kier molecular flexibility index (Phi) is 4.86. The fourth-order valence-electron chi connectivity index (χ4n) is 1.33. The van der Waals surface area contributed by atoms with Crippen LogP contribution in [0.4, 0.5) is 10.1 Å². The Balaban J connectivity index is 2.63. The van der Waals surface area contributed by atoms with E-state index in [0.717, 1.165) is 12.1 Å². The van der Waals surface area contributed by atoms with Crippen LogP contribution in [0.5, 0.6) is 0 Å². The summed E-state index contributed by atoms with van der Waals surface area (Å²) in [5.41, 5.74) is 5.52. The van der Waals surface area contributed by atoms with Crippen LogP contribution in [0.3, 0.4) is 0 Å². The lowest BCUT2D eigenvalue weighted by atomic mass is 10.2. The smallest absolute Gasteiger partial charge is 0.338 e. The first kappa shape index (κ1) is 14.9. The van der Waals surface area contributed by atoms with E-state index in [2.05, 4.69) is 0 Å². The number of ether oxygens (including phenoxy) is 1. The molecule has 1 aromatic rings. The lowest BCUT2D eigenvalue weighted by Crippen LogP contribution is -2.36. The second kappa shape index (κ2) is 6.17. The van der Waals surface area contributed by atoms with Crippen molar-refractivity contribution >= 4 is 17.6 Å². The number of halogens is 1. The number of rotatable bonds is 4. The number of carbonyl (C=O) groups excluding carboxylic acids is 2. The van der Waals surface area contributed by atoms with E-state index >= 15 is 0 Å². The monoisotopic (exact) mass is 268 g/mol. The molecular weight excluding hydrogens is 251 g/mol. The molecule has 0 aromatic heterocycles. The number of benzene rings is 1. The lowest BCUT2D eigenvalue weighted by Gasteiger charge is -2.21. The second-order valence-electron chi connectivity index (χ2n) is 4.45. The van der Waals surface area contributed by atoms with E-state index in [1.807, 2.05) is 13.8 Å². The summed E-state index contributed by atoms with van der Waals surface area (Å²) in [5.74, 6) is -1.73. The van der Waals surface area contributed by atoms with Gasteiger partial charge >= 0.3 is 5.97 Å². The molecule has 1 rings (SSSR count). The molecule has 0 aliphatic heterocycles.